The number of pyridine rings is 1. The Labute approximate surface area is 288 Å². The number of hydrogen-bond acceptors (Lipinski definition) is 9. The van der Waals surface area contributed by atoms with Crippen molar-refractivity contribution in [3.8, 4) is 17.1 Å². The standard InChI is InChI=1S/C32H32ClF3N10O4/c1-42-11-13-45(14-12-42)30(48)19-7-9-44(10-8-19)31(49)22-5-3-20(15-24(22)33)39-29(47)28-38-17-25(43(28)2)23-18-46(40-27(23)32(34,35)36)26-6-4-21(41-50)16-37-26/h3-6,15-19H,7-14H2,1-2H3,(H,39,47). The van der Waals surface area contributed by atoms with E-state index in [1.54, 1.807) is 4.90 Å². The number of piperazine rings is 1. The maximum absolute atomic E-state index is 14.0. The first-order valence-corrected chi connectivity index (χ1v) is 16.1. The van der Waals surface area contributed by atoms with Crippen molar-refractivity contribution in [2.75, 3.05) is 51.6 Å². The molecule has 0 radical (unpaired) electrons. The molecule has 14 nitrogen and oxygen atoms in total. The van der Waals surface area contributed by atoms with E-state index in [2.05, 4.69) is 30.5 Å². The van der Waals surface area contributed by atoms with E-state index >= 15 is 0 Å². The van der Waals surface area contributed by atoms with Crippen LogP contribution in [0, 0.1) is 10.8 Å². The van der Waals surface area contributed by atoms with Crippen LogP contribution in [0.3, 0.4) is 0 Å². The number of benzene rings is 1. The number of piperidine rings is 1. The molecule has 18 heteroatoms. The van der Waals surface area contributed by atoms with Gasteiger partial charge >= 0.3 is 6.18 Å². The number of imidazole rings is 1. The minimum absolute atomic E-state index is 0.00648. The van der Waals surface area contributed by atoms with Gasteiger partial charge in [0.2, 0.25) is 5.91 Å². The zero-order chi connectivity index (χ0) is 35.7. The Morgan fingerprint density at radius 2 is 1.66 bits per heavy atom. The Morgan fingerprint density at radius 3 is 2.28 bits per heavy atom. The molecule has 1 aromatic carbocycles. The third kappa shape index (κ3) is 7.09. The average Bonchev–Trinajstić information content (AvgIpc) is 3.72. The van der Waals surface area contributed by atoms with Crippen molar-refractivity contribution in [1.29, 1.82) is 0 Å². The van der Waals surface area contributed by atoms with E-state index < -0.39 is 17.8 Å². The number of anilines is 1. The van der Waals surface area contributed by atoms with Crippen LogP contribution >= 0.6 is 11.6 Å². The largest absolute Gasteiger partial charge is 0.435 e. The molecular weight excluding hydrogens is 681 g/mol. The van der Waals surface area contributed by atoms with Gasteiger partial charge in [-0.1, -0.05) is 11.6 Å². The number of amides is 3. The minimum atomic E-state index is -4.86. The predicted molar refractivity (Wildman–Crippen MR) is 176 cm³/mol. The molecule has 4 aromatic rings. The molecule has 3 aromatic heterocycles. The monoisotopic (exact) mass is 712 g/mol. The topological polar surface area (TPSA) is 151 Å². The van der Waals surface area contributed by atoms with Gasteiger partial charge in [-0.05, 0) is 55.4 Å². The summed E-state index contributed by atoms with van der Waals surface area (Å²) in [5.74, 6) is -1.22. The Hall–Kier alpha value is -5.16. The van der Waals surface area contributed by atoms with Crippen molar-refractivity contribution in [1.82, 2.24) is 39.0 Å². The summed E-state index contributed by atoms with van der Waals surface area (Å²) in [6.07, 6.45) is -0.423. The van der Waals surface area contributed by atoms with E-state index in [0.717, 1.165) is 36.4 Å². The van der Waals surface area contributed by atoms with Crippen molar-refractivity contribution in [3.63, 3.8) is 0 Å². The van der Waals surface area contributed by atoms with Crippen LogP contribution in [-0.2, 0) is 18.0 Å². The number of alkyl halides is 3. The van der Waals surface area contributed by atoms with Gasteiger partial charge in [0.1, 0.15) is 5.69 Å². The summed E-state index contributed by atoms with van der Waals surface area (Å²) in [5, 5.41) is 9.10. The molecule has 262 valence electrons. The molecule has 0 unspecified atom stereocenters. The SMILES string of the molecule is CN1CCN(C(=O)C2CCN(C(=O)c3ccc(NC(=O)c4ncc(-c5cn(-c6ccc(N=O)cn6)nc5C(F)(F)F)n4C)cc3Cl)CC2)CC1. The first-order chi connectivity index (χ1) is 23.8. The number of nitrogens with zero attached hydrogens (tertiary/aromatic N) is 9. The lowest BCUT2D eigenvalue weighted by atomic mass is 9.94. The number of rotatable bonds is 7. The lowest BCUT2D eigenvalue weighted by Crippen LogP contribution is -2.51. The van der Waals surface area contributed by atoms with Gasteiger partial charge in [-0.15, -0.1) is 4.91 Å². The quantitative estimate of drug-likeness (QED) is 0.273. The third-order valence-corrected chi connectivity index (χ3v) is 9.24. The van der Waals surface area contributed by atoms with E-state index in [-0.39, 0.29) is 62.6 Å². The second-order valence-corrected chi connectivity index (χ2v) is 12.6. The second kappa shape index (κ2) is 14.0. The molecular formula is C32H32ClF3N10O4. The van der Waals surface area contributed by atoms with Crippen LogP contribution in [0.5, 0.6) is 0 Å². The Balaban J connectivity index is 1.12. The van der Waals surface area contributed by atoms with E-state index in [1.807, 2.05) is 11.9 Å². The molecule has 1 N–H and O–H groups in total. The van der Waals surface area contributed by atoms with Crippen molar-refractivity contribution >= 4 is 40.7 Å². The second-order valence-electron chi connectivity index (χ2n) is 12.2. The minimum Gasteiger partial charge on any atom is -0.340 e. The highest BCUT2D eigenvalue weighted by Crippen LogP contribution is 2.37. The average molecular weight is 713 g/mol. The fourth-order valence-electron chi connectivity index (χ4n) is 6.06. The fraction of sp³-hybridized carbons (Fsp3) is 0.375. The molecule has 2 aliphatic rings. The third-order valence-electron chi connectivity index (χ3n) is 8.93. The molecule has 2 fully saturated rings. The molecule has 2 aliphatic heterocycles. The highest BCUT2D eigenvalue weighted by molar-refractivity contribution is 6.34. The lowest BCUT2D eigenvalue weighted by Gasteiger charge is -2.37. The molecule has 0 bridgehead atoms. The summed E-state index contributed by atoms with van der Waals surface area (Å²) in [4.78, 5) is 64.0. The Bertz CT molecular complexity index is 1930. The zero-order valence-corrected chi connectivity index (χ0v) is 27.8. The first kappa shape index (κ1) is 34.7. The summed E-state index contributed by atoms with van der Waals surface area (Å²) >= 11 is 6.48. The van der Waals surface area contributed by atoms with E-state index in [9.17, 15) is 32.5 Å². The number of carbonyl (C=O) groups excluding carboxylic acids is 3. The van der Waals surface area contributed by atoms with E-state index in [0.29, 0.717) is 39.0 Å². The highest BCUT2D eigenvalue weighted by Gasteiger charge is 2.39. The van der Waals surface area contributed by atoms with Gasteiger partial charge in [-0.25, -0.2) is 14.6 Å². The highest BCUT2D eigenvalue weighted by atomic mass is 35.5. The predicted octanol–water partition coefficient (Wildman–Crippen LogP) is 4.62. The Kier molecular flexibility index (Phi) is 9.71. The molecule has 0 spiro atoms. The molecule has 6 rings (SSSR count). The molecule has 50 heavy (non-hydrogen) atoms. The summed E-state index contributed by atoms with van der Waals surface area (Å²) in [5.41, 5.74) is -1.17. The van der Waals surface area contributed by atoms with Crippen LogP contribution in [0.4, 0.5) is 24.5 Å². The number of halogens is 4. The molecule has 5 heterocycles. The van der Waals surface area contributed by atoms with Crippen LogP contribution in [0.2, 0.25) is 5.02 Å². The molecule has 3 amide bonds. The number of nitroso groups, excluding NO2 is 1. The number of likely N-dealkylation sites (tertiary alicyclic amines) is 1. The molecule has 0 atom stereocenters. The normalized spacial score (nSPS) is 16.0. The van der Waals surface area contributed by atoms with Crippen LogP contribution in [0.1, 0.15) is 39.5 Å². The number of hydrogen-bond donors (Lipinski definition) is 1. The first-order valence-electron chi connectivity index (χ1n) is 15.7. The van der Waals surface area contributed by atoms with Gasteiger partial charge in [0, 0.05) is 64.1 Å². The Morgan fingerprint density at radius 1 is 0.940 bits per heavy atom. The summed E-state index contributed by atoms with van der Waals surface area (Å²) in [6, 6.07) is 6.97. The maximum atomic E-state index is 14.0. The van der Waals surface area contributed by atoms with E-state index in [4.69, 9.17) is 11.6 Å². The van der Waals surface area contributed by atoms with Crippen LogP contribution in [0.25, 0.3) is 17.1 Å². The number of likely N-dealkylation sites (N-methyl/N-ethyl adjacent to an activating group) is 1. The lowest BCUT2D eigenvalue weighted by molar-refractivity contribution is -0.141. The van der Waals surface area contributed by atoms with Crippen molar-refractivity contribution in [3.05, 3.63) is 75.9 Å². The number of carbonyl (C=O) groups is 3. The van der Waals surface area contributed by atoms with Crippen molar-refractivity contribution in [2.24, 2.45) is 18.1 Å². The molecule has 2 saturated heterocycles. The van der Waals surface area contributed by atoms with Gasteiger partial charge in [0.05, 0.1) is 34.2 Å². The van der Waals surface area contributed by atoms with Crippen LogP contribution < -0.4 is 5.32 Å². The number of aromatic nitrogens is 5. The maximum Gasteiger partial charge on any atom is 0.435 e. The summed E-state index contributed by atoms with van der Waals surface area (Å²) in [7, 11) is 3.41. The smallest absolute Gasteiger partial charge is 0.340 e. The van der Waals surface area contributed by atoms with Crippen LogP contribution in [0.15, 0.2) is 54.1 Å². The van der Waals surface area contributed by atoms with E-state index in [1.165, 1.54) is 41.9 Å². The van der Waals surface area contributed by atoms with Gasteiger partial charge in [-0.3, -0.25) is 14.4 Å². The summed E-state index contributed by atoms with van der Waals surface area (Å²) < 4.78 is 44.2. The van der Waals surface area contributed by atoms with Crippen LogP contribution in [-0.4, -0.2) is 103 Å². The van der Waals surface area contributed by atoms with Crippen molar-refractivity contribution in [2.45, 2.75) is 19.0 Å². The van der Waals surface area contributed by atoms with Crippen molar-refractivity contribution < 1.29 is 27.6 Å². The molecule has 0 saturated carbocycles. The number of nitrogens with one attached hydrogen (secondary N) is 1. The van der Waals surface area contributed by atoms with Gasteiger partial charge < -0.3 is 24.6 Å². The van der Waals surface area contributed by atoms with Gasteiger partial charge in [0.15, 0.2) is 17.3 Å². The molecule has 0 aliphatic carbocycles. The fourth-order valence-corrected chi connectivity index (χ4v) is 6.33. The zero-order valence-electron chi connectivity index (χ0n) is 27.0. The van der Waals surface area contributed by atoms with Gasteiger partial charge in [-0.2, -0.15) is 18.3 Å². The van der Waals surface area contributed by atoms with Gasteiger partial charge in [0.25, 0.3) is 11.8 Å². The summed E-state index contributed by atoms with van der Waals surface area (Å²) in [6.45, 7) is 3.91.